The molecule has 18 heavy (non-hydrogen) atoms. The average molecular weight is 280 g/mol. The number of carbonyl (C=O) groups excluding carboxylic acids is 1. The van der Waals surface area contributed by atoms with Gasteiger partial charge in [-0.15, -0.1) is 0 Å². The standard InChI is InChI=1S/C9H16N2O6S/c1-17-4-7(8(12)13)11-9(14)10-6-2-3-18(15,16)5-6/h6-7H,2-5H2,1H3,(H,12,13)(H2,10,11,14). The van der Waals surface area contributed by atoms with Crippen molar-refractivity contribution in [1.82, 2.24) is 10.6 Å². The molecule has 1 fully saturated rings. The molecule has 1 aliphatic heterocycles. The van der Waals surface area contributed by atoms with Gasteiger partial charge in [0.1, 0.15) is 0 Å². The summed E-state index contributed by atoms with van der Waals surface area (Å²) in [6.45, 7) is -0.161. The highest BCUT2D eigenvalue weighted by atomic mass is 32.2. The smallest absolute Gasteiger partial charge is 0.328 e. The number of carboxylic acids is 1. The van der Waals surface area contributed by atoms with E-state index in [0.29, 0.717) is 6.42 Å². The first kappa shape index (κ1) is 14.7. The summed E-state index contributed by atoms with van der Waals surface area (Å²) in [6.07, 6.45) is 0.345. The third kappa shape index (κ3) is 4.49. The Morgan fingerprint density at radius 1 is 1.50 bits per heavy atom. The van der Waals surface area contributed by atoms with Crippen LogP contribution in [0.4, 0.5) is 4.79 Å². The van der Waals surface area contributed by atoms with Crippen molar-refractivity contribution in [2.24, 2.45) is 0 Å². The lowest BCUT2D eigenvalue weighted by Crippen LogP contribution is -2.50. The molecule has 1 rings (SSSR count). The lowest BCUT2D eigenvalue weighted by molar-refractivity contribution is -0.140. The van der Waals surface area contributed by atoms with E-state index in [2.05, 4.69) is 15.4 Å². The topological polar surface area (TPSA) is 122 Å². The molecule has 0 aromatic carbocycles. The number of sulfone groups is 1. The normalized spacial score (nSPS) is 23.3. The zero-order valence-electron chi connectivity index (χ0n) is 9.88. The number of methoxy groups -OCH3 is 1. The number of rotatable bonds is 5. The minimum Gasteiger partial charge on any atom is -0.480 e. The van der Waals surface area contributed by atoms with Gasteiger partial charge in [0.25, 0.3) is 0 Å². The van der Waals surface area contributed by atoms with Crippen LogP contribution >= 0.6 is 0 Å². The number of amides is 2. The molecule has 0 spiro atoms. The minimum absolute atomic E-state index is 0.0401. The maximum atomic E-state index is 11.5. The highest BCUT2D eigenvalue weighted by Gasteiger charge is 2.29. The van der Waals surface area contributed by atoms with Crippen LogP contribution in [0.1, 0.15) is 6.42 Å². The van der Waals surface area contributed by atoms with Crippen molar-refractivity contribution in [2.75, 3.05) is 25.2 Å². The van der Waals surface area contributed by atoms with Crippen molar-refractivity contribution in [2.45, 2.75) is 18.5 Å². The highest BCUT2D eigenvalue weighted by Crippen LogP contribution is 2.10. The summed E-state index contributed by atoms with van der Waals surface area (Å²) < 4.78 is 27.0. The molecule has 1 heterocycles. The summed E-state index contributed by atoms with van der Waals surface area (Å²) in [5, 5.41) is 13.4. The van der Waals surface area contributed by atoms with Gasteiger partial charge in [-0.3, -0.25) is 0 Å². The Labute approximate surface area is 105 Å². The van der Waals surface area contributed by atoms with E-state index in [1.54, 1.807) is 0 Å². The van der Waals surface area contributed by atoms with Crippen LogP contribution in [0.25, 0.3) is 0 Å². The molecular weight excluding hydrogens is 264 g/mol. The van der Waals surface area contributed by atoms with Gasteiger partial charge in [0.15, 0.2) is 15.9 Å². The largest absolute Gasteiger partial charge is 0.480 e. The van der Waals surface area contributed by atoms with Crippen LogP contribution in [0, 0.1) is 0 Å². The molecular formula is C9H16N2O6S. The molecule has 0 saturated carbocycles. The Morgan fingerprint density at radius 3 is 2.61 bits per heavy atom. The summed E-state index contributed by atoms with van der Waals surface area (Å²) in [7, 11) is -1.76. The zero-order valence-corrected chi connectivity index (χ0v) is 10.7. The summed E-state index contributed by atoms with van der Waals surface area (Å²) in [4.78, 5) is 22.2. The highest BCUT2D eigenvalue weighted by molar-refractivity contribution is 7.91. The fourth-order valence-corrected chi connectivity index (χ4v) is 3.31. The molecule has 104 valence electrons. The third-order valence-corrected chi connectivity index (χ3v) is 4.27. The number of carboxylic acid groups (broad SMARTS) is 1. The fourth-order valence-electron chi connectivity index (χ4n) is 1.64. The Hall–Kier alpha value is -1.35. The molecule has 9 heteroatoms. The fraction of sp³-hybridized carbons (Fsp3) is 0.778. The van der Waals surface area contributed by atoms with Crippen LogP contribution in [0.5, 0.6) is 0 Å². The maximum Gasteiger partial charge on any atom is 0.328 e. The van der Waals surface area contributed by atoms with E-state index in [9.17, 15) is 18.0 Å². The number of hydrogen-bond donors (Lipinski definition) is 3. The van der Waals surface area contributed by atoms with Crippen molar-refractivity contribution in [3.63, 3.8) is 0 Å². The molecule has 0 aromatic rings. The van der Waals surface area contributed by atoms with E-state index < -0.39 is 33.9 Å². The van der Waals surface area contributed by atoms with Gasteiger partial charge >= 0.3 is 12.0 Å². The molecule has 2 amide bonds. The summed E-state index contributed by atoms with van der Waals surface area (Å²) in [5.74, 6) is -1.29. The Bertz CT molecular complexity index is 421. The van der Waals surface area contributed by atoms with Crippen molar-refractivity contribution >= 4 is 21.8 Å². The molecule has 1 aliphatic rings. The molecule has 2 atom stereocenters. The van der Waals surface area contributed by atoms with Crippen LogP contribution in [-0.4, -0.2) is 62.8 Å². The lowest BCUT2D eigenvalue weighted by atomic mass is 10.2. The number of urea groups is 1. The second kappa shape index (κ2) is 6.01. The first-order chi connectivity index (χ1) is 8.34. The average Bonchev–Trinajstić information content (AvgIpc) is 2.57. The van der Waals surface area contributed by atoms with Gasteiger partial charge < -0.3 is 20.5 Å². The molecule has 0 aromatic heterocycles. The van der Waals surface area contributed by atoms with E-state index >= 15 is 0 Å². The first-order valence-corrected chi connectivity index (χ1v) is 7.15. The number of carbonyl (C=O) groups is 2. The quantitative estimate of drug-likeness (QED) is 0.567. The van der Waals surface area contributed by atoms with Crippen LogP contribution in [-0.2, 0) is 19.4 Å². The van der Waals surface area contributed by atoms with Gasteiger partial charge in [0.2, 0.25) is 0 Å². The van der Waals surface area contributed by atoms with Crippen LogP contribution in [0.15, 0.2) is 0 Å². The van der Waals surface area contributed by atoms with E-state index in [1.807, 2.05) is 0 Å². The number of nitrogens with one attached hydrogen (secondary N) is 2. The van der Waals surface area contributed by atoms with Gasteiger partial charge in [-0.25, -0.2) is 18.0 Å². The number of hydrogen-bond acceptors (Lipinski definition) is 5. The van der Waals surface area contributed by atoms with Gasteiger partial charge in [-0.2, -0.15) is 0 Å². The summed E-state index contributed by atoms with van der Waals surface area (Å²) >= 11 is 0. The van der Waals surface area contributed by atoms with Gasteiger partial charge in [0.05, 0.1) is 18.1 Å². The molecule has 8 nitrogen and oxygen atoms in total. The molecule has 0 bridgehead atoms. The predicted octanol–water partition coefficient (Wildman–Crippen LogP) is -1.43. The Balaban J connectivity index is 2.44. The van der Waals surface area contributed by atoms with Crippen LogP contribution in [0.3, 0.4) is 0 Å². The molecule has 1 saturated heterocycles. The predicted molar refractivity (Wildman–Crippen MR) is 62.0 cm³/mol. The van der Waals surface area contributed by atoms with E-state index in [0.717, 1.165) is 0 Å². The SMILES string of the molecule is COCC(NC(=O)NC1CCS(=O)(=O)C1)C(=O)O. The second-order valence-electron chi connectivity index (χ2n) is 4.06. The van der Waals surface area contributed by atoms with Crippen LogP contribution in [0.2, 0.25) is 0 Å². The van der Waals surface area contributed by atoms with Gasteiger partial charge in [-0.1, -0.05) is 0 Å². The monoisotopic (exact) mass is 280 g/mol. The van der Waals surface area contributed by atoms with E-state index in [1.165, 1.54) is 7.11 Å². The lowest BCUT2D eigenvalue weighted by Gasteiger charge is -2.16. The summed E-state index contributed by atoms with van der Waals surface area (Å²) in [6, 6.07) is -2.33. The maximum absolute atomic E-state index is 11.5. The molecule has 2 unspecified atom stereocenters. The molecule has 3 N–H and O–H groups in total. The first-order valence-electron chi connectivity index (χ1n) is 5.33. The van der Waals surface area contributed by atoms with E-state index in [-0.39, 0.29) is 18.1 Å². The number of ether oxygens (including phenoxy) is 1. The van der Waals surface area contributed by atoms with Crippen LogP contribution < -0.4 is 10.6 Å². The second-order valence-corrected chi connectivity index (χ2v) is 6.29. The Kier molecular flexibility index (Phi) is 4.91. The van der Waals surface area contributed by atoms with Gasteiger partial charge in [-0.05, 0) is 6.42 Å². The molecule has 0 radical (unpaired) electrons. The van der Waals surface area contributed by atoms with Crippen molar-refractivity contribution < 1.29 is 27.9 Å². The van der Waals surface area contributed by atoms with Gasteiger partial charge in [0, 0.05) is 13.2 Å². The Morgan fingerprint density at radius 2 is 2.17 bits per heavy atom. The zero-order chi connectivity index (χ0) is 13.8. The molecule has 0 aliphatic carbocycles. The van der Waals surface area contributed by atoms with Crippen molar-refractivity contribution in [3.05, 3.63) is 0 Å². The van der Waals surface area contributed by atoms with Crippen molar-refractivity contribution in [3.8, 4) is 0 Å². The summed E-state index contributed by atoms with van der Waals surface area (Å²) in [5.41, 5.74) is 0. The van der Waals surface area contributed by atoms with Crippen molar-refractivity contribution in [1.29, 1.82) is 0 Å². The minimum atomic E-state index is -3.08. The number of aliphatic carboxylic acids is 1. The van der Waals surface area contributed by atoms with E-state index in [4.69, 9.17) is 5.11 Å². The third-order valence-electron chi connectivity index (χ3n) is 2.50.